The average molecular weight is 827 g/mol. The topological polar surface area (TPSA) is 0 Å². The minimum absolute atomic E-state index is 1.23. The van der Waals surface area contributed by atoms with Crippen LogP contribution < -0.4 is 15.6 Å². The molecule has 0 aromatic heterocycles. The van der Waals surface area contributed by atoms with Gasteiger partial charge >= 0.3 is 0 Å². The summed E-state index contributed by atoms with van der Waals surface area (Å²) in [6, 6.07) is 89.3. The van der Waals surface area contributed by atoms with Crippen molar-refractivity contribution in [2.24, 2.45) is 0 Å². The zero-order valence-electron chi connectivity index (χ0n) is 35.5. The highest BCUT2D eigenvalue weighted by Gasteiger charge is 2.44. The van der Waals surface area contributed by atoms with Crippen molar-refractivity contribution >= 4 is 45.2 Å². The Morgan fingerprint density at radius 3 is 0.922 bits per heavy atom. The third kappa shape index (κ3) is 5.29. The highest BCUT2D eigenvalue weighted by atomic mass is 28.3. The molecule has 0 aliphatic heterocycles. The van der Waals surface area contributed by atoms with Crippen LogP contribution in [-0.4, -0.2) is 8.07 Å². The van der Waals surface area contributed by atoms with E-state index < -0.39 is 8.07 Å². The molecule has 0 fully saturated rings. The summed E-state index contributed by atoms with van der Waals surface area (Å²) in [6.45, 7) is 2.65. The molecule has 0 atom stereocenters. The molecule has 0 saturated carbocycles. The van der Waals surface area contributed by atoms with Crippen molar-refractivity contribution in [3.8, 4) is 89.0 Å². The summed E-state index contributed by atoms with van der Waals surface area (Å²) in [5.41, 5.74) is 20.8. The summed E-state index contributed by atoms with van der Waals surface area (Å²) in [6.07, 6.45) is 0. The first kappa shape index (κ1) is 36.8. The van der Waals surface area contributed by atoms with Crippen LogP contribution in [0.15, 0.2) is 237 Å². The maximum absolute atomic E-state index is 3.12. The van der Waals surface area contributed by atoms with Crippen LogP contribution in [0.2, 0.25) is 6.55 Å². The largest absolute Gasteiger partial charge is 0.147 e. The van der Waals surface area contributed by atoms with E-state index in [0.29, 0.717) is 0 Å². The lowest BCUT2D eigenvalue weighted by Gasteiger charge is -2.37. The Morgan fingerprint density at radius 2 is 0.562 bits per heavy atom. The standard InChI is InChI=1S/C63H42Si/c1-64(47-33-15-6-16-34-47,54-39-52(41-21-7-2-8-22-41)60-48-35-17-29-43-31-19-37-50(56(43)48)62(60)58(54)45-25-11-4-12-26-45)55-40-53(42-23-9-3-10-24-42)61-49-36-18-30-44-32-20-38-51(57(44)49)63(61)59(55)46-27-13-5-14-28-46/h2-40H,1H3. The molecule has 0 radical (unpaired) electrons. The van der Waals surface area contributed by atoms with Crippen molar-refractivity contribution in [2.75, 3.05) is 0 Å². The van der Waals surface area contributed by atoms with Gasteiger partial charge in [0.1, 0.15) is 8.07 Å². The maximum Gasteiger partial charge on any atom is 0.147 e. The van der Waals surface area contributed by atoms with Crippen LogP contribution in [0.25, 0.3) is 111 Å². The smallest absolute Gasteiger partial charge is 0.0624 e. The van der Waals surface area contributed by atoms with Gasteiger partial charge in [0.2, 0.25) is 0 Å². The van der Waals surface area contributed by atoms with Crippen LogP contribution in [0, 0.1) is 0 Å². The molecule has 64 heavy (non-hydrogen) atoms. The van der Waals surface area contributed by atoms with E-state index in [9.17, 15) is 0 Å². The Balaban J connectivity index is 1.27. The van der Waals surface area contributed by atoms with E-state index in [1.54, 1.807) is 0 Å². The van der Waals surface area contributed by atoms with Crippen molar-refractivity contribution in [3.63, 3.8) is 0 Å². The number of hydrogen-bond acceptors (Lipinski definition) is 0. The fraction of sp³-hybridized carbons (Fsp3) is 0.0159. The fourth-order valence-electron chi connectivity index (χ4n) is 11.5. The summed E-state index contributed by atoms with van der Waals surface area (Å²) in [5.74, 6) is 0. The van der Waals surface area contributed by atoms with Gasteiger partial charge in [-0.25, -0.2) is 0 Å². The second-order valence-corrected chi connectivity index (χ2v) is 21.5. The molecule has 0 unspecified atom stereocenters. The Bertz CT molecular complexity index is 3400. The molecule has 0 heterocycles. The van der Waals surface area contributed by atoms with Gasteiger partial charge in [-0.15, -0.1) is 0 Å². The first-order valence-corrected chi connectivity index (χ1v) is 24.9. The Kier molecular flexibility index (Phi) is 8.25. The third-order valence-corrected chi connectivity index (χ3v) is 18.7. The molecular formula is C63H42Si. The van der Waals surface area contributed by atoms with E-state index >= 15 is 0 Å². The first-order valence-electron chi connectivity index (χ1n) is 22.4. The summed E-state index contributed by atoms with van der Waals surface area (Å²) < 4.78 is 0. The van der Waals surface area contributed by atoms with Gasteiger partial charge in [-0.05, 0) is 126 Å². The Hall–Kier alpha value is -7.84. The van der Waals surface area contributed by atoms with Crippen molar-refractivity contribution < 1.29 is 0 Å². The molecule has 2 aliphatic rings. The fourth-order valence-corrected chi connectivity index (χ4v) is 15.7. The molecule has 0 nitrogen and oxygen atoms in total. The molecule has 298 valence electrons. The lowest BCUT2D eigenvalue weighted by molar-refractivity contribution is 1.58. The summed E-state index contributed by atoms with van der Waals surface area (Å²) in [7, 11) is -3.12. The zero-order valence-corrected chi connectivity index (χ0v) is 36.5. The number of benzene rings is 11. The highest BCUT2D eigenvalue weighted by molar-refractivity contribution is 7.12. The van der Waals surface area contributed by atoms with E-state index in [1.165, 1.54) is 126 Å². The normalized spacial score (nSPS) is 12.1. The Labute approximate surface area is 375 Å². The van der Waals surface area contributed by atoms with Crippen molar-refractivity contribution in [2.45, 2.75) is 6.55 Å². The van der Waals surface area contributed by atoms with Gasteiger partial charge in [0.25, 0.3) is 0 Å². The SMILES string of the molecule is C[Si](c1ccccc1)(c1cc(-c2ccccc2)c2c(c1-c1ccccc1)-c1cccc3cccc-2c13)c1cc(-c2ccccc2)c2c(c1-c1ccccc1)-c1cccc3cccc-2c13. The summed E-state index contributed by atoms with van der Waals surface area (Å²) >= 11 is 0. The quantitative estimate of drug-likeness (QED) is 0.111. The van der Waals surface area contributed by atoms with Crippen LogP contribution in [0.3, 0.4) is 0 Å². The summed E-state index contributed by atoms with van der Waals surface area (Å²) in [4.78, 5) is 0. The molecule has 0 saturated heterocycles. The van der Waals surface area contributed by atoms with E-state index in [2.05, 4.69) is 243 Å². The lowest BCUT2D eigenvalue weighted by Crippen LogP contribution is -2.66. The summed E-state index contributed by atoms with van der Waals surface area (Å²) in [5, 5.41) is 9.45. The monoisotopic (exact) mass is 826 g/mol. The minimum Gasteiger partial charge on any atom is -0.0624 e. The number of hydrogen-bond donors (Lipinski definition) is 0. The van der Waals surface area contributed by atoms with Crippen LogP contribution in [0.4, 0.5) is 0 Å². The number of rotatable bonds is 7. The molecular weight excluding hydrogens is 785 g/mol. The van der Waals surface area contributed by atoms with E-state index in [-0.39, 0.29) is 0 Å². The van der Waals surface area contributed by atoms with Gasteiger partial charge in [0.05, 0.1) is 0 Å². The predicted molar refractivity (Wildman–Crippen MR) is 275 cm³/mol. The van der Waals surface area contributed by atoms with Gasteiger partial charge in [0, 0.05) is 0 Å². The first-order chi connectivity index (χ1) is 31.7. The third-order valence-electron chi connectivity index (χ3n) is 14.3. The molecule has 13 rings (SSSR count). The lowest BCUT2D eigenvalue weighted by atomic mass is 9.87. The average Bonchev–Trinajstić information content (AvgIpc) is 3.89. The zero-order chi connectivity index (χ0) is 42.4. The van der Waals surface area contributed by atoms with Crippen molar-refractivity contribution in [3.05, 3.63) is 237 Å². The van der Waals surface area contributed by atoms with Gasteiger partial charge in [0.15, 0.2) is 0 Å². The van der Waals surface area contributed by atoms with Gasteiger partial charge < -0.3 is 0 Å². The van der Waals surface area contributed by atoms with E-state index in [4.69, 9.17) is 0 Å². The highest BCUT2D eigenvalue weighted by Crippen LogP contribution is 2.56. The maximum atomic E-state index is 2.65. The van der Waals surface area contributed by atoms with Gasteiger partial charge in [-0.3, -0.25) is 0 Å². The van der Waals surface area contributed by atoms with Gasteiger partial charge in [-0.1, -0.05) is 243 Å². The van der Waals surface area contributed by atoms with Crippen molar-refractivity contribution in [1.29, 1.82) is 0 Å². The predicted octanol–water partition coefficient (Wildman–Crippen LogP) is 15.1. The minimum atomic E-state index is -3.12. The van der Waals surface area contributed by atoms with E-state index in [1.807, 2.05) is 0 Å². The van der Waals surface area contributed by atoms with Crippen LogP contribution in [0.5, 0.6) is 0 Å². The molecule has 0 amide bonds. The molecule has 0 bridgehead atoms. The van der Waals surface area contributed by atoms with Crippen LogP contribution >= 0.6 is 0 Å². The second-order valence-electron chi connectivity index (χ2n) is 17.6. The van der Waals surface area contributed by atoms with Crippen molar-refractivity contribution in [1.82, 2.24) is 0 Å². The molecule has 0 spiro atoms. The second kappa shape index (κ2) is 14.4. The molecule has 1 heteroatoms. The van der Waals surface area contributed by atoms with Crippen LogP contribution in [-0.2, 0) is 0 Å². The van der Waals surface area contributed by atoms with Gasteiger partial charge in [-0.2, -0.15) is 0 Å². The van der Waals surface area contributed by atoms with E-state index in [0.717, 1.165) is 0 Å². The molecule has 11 aromatic carbocycles. The molecule has 2 aliphatic carbocycles. The molecule has 11 aromatic rings. The number of fused-ring (bicyclic) bond motifs is 6. The van der Waals surface area contributed by atoms with Crippen LogP contribution in [0.1, 0.15) is 0 Å². The molecule has 0 N–H and O–H groups in total. The Morgan fingerprint density at radius 1 is 0.250 bits per heavy atom.